The van der Waals surface area contributed by atoms with Crippen LogP contribution in [0.1, 0.15) is 18.9 Å². The van der Waals surface area contributed by atoms with Gasteiger partial charge in [0.1, 0.15) is 5.82 Å². The van der Waals surface area contributed by atoms with Crippen LogP contribution in [0.4, 0.5) is 4.39 Å². The lowest BCUT2D eigenvalue weighted by Gasteiger charge is -2.20. The van der Waals surface area contributed by atoms with Gasteiger partial charge in [0.05, 0.1) is 0 Å². The van der Waals surface area contributed by atoms with E-state index in [1.807, 2.05) is 7.05 Å². The van der Waals surface area contributed by atoms with Crippen LogP contribution in [0.15, 0.2) is 18.2 Å². The lowest BCUT2D eigenvalue weighted by Crippen LogP contribution is -2.30. The fraction of sp³-hybridized carbons (Fsp3) is 0.571. The molecule has 0 radical (unpaired) electrons. The standard InChI is InChI=1S/C14H21ClFNO/c1-10(9-18-3)6-13(17-2)8-11-7-12(15)4-5-14(11)16/h4-5,7,10,13,17H,6,8-9H2,1-3H3. The van der Waals surface area contributed by atoms with Crippen LogP contribution >= 0.6 is 11.6 Å². The highest BCUT2D eigenvalue weighted by molar-refractivity contribution is 6.30. The molecular formula is C14H21ClFNO. The van der Waals surface area contributed by atoms with Gasteiger partial charge in [-0.15, -0.1) is 0 Å². The van der Waals surface area contributed by atoms with Crippen molar-refractivity contribution >= 4 is 11.6 Å². The summed E-state index contributed by atoms with van der Waals surface area (Å²) in [6.07, 6.45) is 1.58. The van der Waals surface area contributed by atoms with E-state index in [1.54, 1.807) is 19.2 Å². The summed E-state index contributed by atoms with van der Waals surface area (Å²) in [5, 5.41) is 3.80. The van der Waals surface area contributed by atoms with Crippen molar-refractivity contribution in [3.63, 3.8) is 0 Å². The first-order valence-electron chi connectivity index (χ1n) is 6.17. The maximum absolute atomic E-state index is 13.6. The summed E-state index contributed by atoms with van der Waals surface area (Å²) in [5.41, 5.74) is 0.659. The van der Waals surface area contributed by atoms with Gasteiger partial charge in [-0.05, 0) is 49.6 Å². The van der Waals surface area contributed by atoms with Gasteiger partial charge in [0.15, 0.2) is 0 Å². The van der Waals surface area contributed by atoms with Gasteiger partial charge in [-0.2, -0.15) is 0 Å². The molecular weight excluding hydrogens is 253 g/mol. The van der Waals surface area contributed by atoms with Gasteiger partial charge in [0.25, 0.3) is 0 Å². The molecule has 0 aliphatic rings. The lowest BCUT2D eigenvalue weighted by atomic mass is 9.96. The Morgan fingerprint density at radius 3 is 2.78 bits per heavy atom. The highest BCUT2D eigenvalue weighted by atomic mass is 35.5. The Morgan fingerprint density at radius 2 is 2.17 bits per heavy atom. The Hall–Kier alpha value is -0.640. The highest BCUT2D eigenvalue weighted by Crippen LogP contribution is 2.18. The van der Waals surface area contributed by atoms with E-state index in [0.29, 0.717) is 22.9 Å². The largest absolute Gasteiger partial charge is 0.384 e. The Balaban J connectivity index is 2.64. The quantitative estimate of drug-likeness (QED) is 0.823. The fourth-order valence-corrected chi connectivity index (χ4v) is 2.30. The molecule has 0 heterocycles. The second-order valence-corrected chi connectivity index (χ2v) is 5.16. The molecule has 0 aliphatic carbocycles. The third kappa shape index (κ3) is 4.92. The van der Waals surface area contributed by atoms with Crippen molar-refractivity contribution in [3.8, 4) is 0 Å². The molecule has 4 heteroatoms. The number of halogens is 2. The summed E-state index contributed by atoms with van der Waals surface area (Å²) in [5.74, 6) is 0.244. The van der Waals surface area contributed by atoms with E-state index in [-0.39, 0.29) is 11.9 Å². The average Bonchev–Trinajstić information content (AvgIpc) is 2.33. The molecule has 18 heavy (non-hydrogen) atoms. The molecule has 1 aromatic carbocycles. The second-order valence-electron chi connectivity index (χ2n) is 4.72. The Bertz CT molecular complexity index is 373. The number of rotatable bonds is 7. The van der Waals surface area contributed by atoms with E-state index in [0.717, 1.165) is 13.0 Å². The summed E-state index contributed by atoms with van der Waals surface area (Å²) < 4.78 is 18.8. The van der Waals surface area contributed by atoms with E-state index < -0.39 is 0 Å². The van der Waals surface area contributed by atoms with Gasteiger partial charge in [-0.3, -0.25) is 0 Å². The number of benzene rings is 1. The normalized spacial score (nSPS) is 14.5. The number of nitrogens with one attached hydrogen (secondary N) is 1. The first-order chi connectivity index (χ1) is 8.56. The molecule has 0 bridgehead atoms. The Morgan fingerprint density at radius 1 is 1.44 bits per heavy atom. The highest BCUT2D eigenvalue weighted by Gasteiger charge is 2.14. The monoisotopic (exact) mass is 273 g/mol. The molecule has 102 valence electrons. The van der Waals surface area contributed by atoms with Gasteiger partial charge in [-0.1, -0.05) is 18.5 Å². The number of methoxy groups -OCH3 is 1. The molecule has 0 saturated carbocycles. The minimum absolute atomic E-state index is 0.195. The summed E-state index contributed by atoms with van der Waals surface area (Å²) >= 11 is 5.89. The van der Waals surface area contributed by atoms with Crippen molar-refractivity contribution in [1.82, 2.24) is 5.32 Å². The molecule has 1 aromatic rings. The summed E-state index contributed by atoms with van der Waals surface area (Å²) in [6.45, 7) is 2.85. The SMILES string of the molecule is CNC(Cc1cc(Cl)ccc1F)CC(C)COC. The lowest BCUT2D eigenvalue weighted by molar-refractivity contribution is 0.150. The Labute approximate surface area is 113 Å². The molecule has 2 unspecified atom stereocenters. The summed E-state index contributed by atoms with van der Waals surface area (Å²) in [7, 11) is 3.59. The van der Waals surface area contributed by atoms with Crippen LogP contribution in [-0.4, -0.2) is 26.8 Å². The average molecular weight is 274 g/mol. The van der Waals surface area contributed by atoms with E-state index in [2.05, 4.69) is 12.2 Å². The van der Waals surface area contributed by atoms with Crippen LogP contribution < -0.4 is 5.32 Å². The molecule has 0 amide bonds. The topological polar surface area (TPSA) is 21.3 Å². The molecule has 1 N–H and O–H groups in total. The molecule has 0 fully saturated rings. The van der Waals surface area contributed by atoms with Crippen LogP contribution in [0.25, 0.3) is 0 Å². The predicted molar refractivity (Wildman–Crippen MR) is 73.6 cm³/mol. The van der Waals surface area contributed by atoms with Crippen LogP contribution in [0.5, 0.6) is 0 Å². The van der Waals surface area contributed by atoms with Crippen LogP contribution in [0.3, 0.4) is 0 Å². The zero-order valence-corrected chi connectivity index (χ0v) is 11.9. The van der Waals surface area contributed by atoms with Gasteiger partial charge < -0.3 is 10.1 Å². The second kappa shape index (κ2) is 7.72. The van der Waals surface area contributed by atoms with Crippen molar-refractivity contribution in [1.29, 1.82) is 0 Å². The zero-order chi connectivity index (χ0) is 13.5. The molecule has 0 spiro atoms. The Kier molecular flexibility index (Phi) is 6.61. The van der Waals surface area contributed by atoms with Crippen LogP contribution in [0, 0.1) is 11.7 Å². The zero-order valence-electron chi connectivity index (χ0n) is 11.2. The van der Waals surface area contributed by atoms with Crippen LogP contribution in [-0.2, 0) is 11.2 Å². The first-order valence-corrected chi connectivity index (χ1v) is 6.54. The maximum atomic E-state index is 13.6. The molecule has 1 rings (SSSR count). The molecule has 0 aromatic heterocycles. The minimum atomic E-state index is -0.195. The summed E-state index contributed by atoms with van der Waals surface area (Å²) in [4.78, 5) is 0. The molecule has 0 aliphatic heterocycles. The van der Waals surface area contributed by atoms with Crippen molar-refractivity contribution in [2.75, 3.05) is 20.8 Å². The van der Waals surface area contributed by atoms with Gasteiger partial charge >= 0.3 is 0 Å². The van der Waals surface area contributed by atoms with Gasteiger partial charge in [0, 0.05) is 24.8 Å². The van der Waals surface area contributed by atoms with Crippen molar-refractivity contribution < 1.29 is 9.13 Å². The molecule has 2 nitrogen and oxygen atoms in total. The fourth-order valence-electron chi connectivity index (χ4n) is 2.11. The van der Waals surface area contributed by atoms with Gasteiger partial charge in [-0.25, -0.2) is 4.39 Å². The third-order valence-electron chi connectivity index (χ3n) is 3.02. The third-order valence-corrected chi connectivity index (χ3v) is 3.26. The van der Waals surface area contributed by atoms with E-state index in [1.165, 1.54) is 6.07 Å². The predicted octanol–water partition coefficient (Wildman–Crippen LogP) is 3.28. The van der Waals surface area contributed by atoms with Gasteiger partial charge in [0.2, 0.25) is 0 Å². The van der Waals surface area contributed by atoms with Crippen molar-refractivity contribution in [2.45, 2.75) is 25.8 Å². The minimum Gasteiger partial charge on any atom is -0.384 e. The first kappa shape index (κ1) is 15.4. The number of hydrogen-bond acceptors (Lipinski definition) is 2. The summed E-state index contributed by atoms with van der Waals surface area (Å²) in [6, 6.07) is 4.91. The van der Waals surface area contributed by atoms with E-state index in [4.69, 9.17) is 16.3 Å². The number of likely N-dealkylation sites (N-methyl/N-ethyl adjacent to an activating group) is 1. The molecule has 0 saturated heterocycles. The number of hydrogen-bond donors (Lipinski definition) is 1. The van der Waals surface area contributed by atoms with Crippen LogP contribution in [0.2, 0.25) is 5.02 Å². The van der Waals surface area contributed by atoms with E-state index >= 15 is 0 Å². The van der Waals surface area contributed by atoms with Crippen molar-refractivity contribution in [2.24, 2.45) is 5.92 Å². The maximum Gasteiger partial charge on any atom is 0.126 e. The van der Waals surface area contributed by atoms with Crippen molar-refractivity contribution in [3.05, 3.63) is 34.6 Å². The van der Waals surface area contributed by atoms with E-state index in [9.17, 15) is 4.39 Å². The molecule has 2 atom stereocenters. The number of ether oxygens (including phenoxy) is 1. The smallest absolute Gasteiger partial charge is 0.126 e.